The largest absolute Gasteiger partial charge is 0.350 e. The molecule has 2 N–H and O–H groups in total. The third kappa shape index (κ3) is 4.31. The van der Waals surface area contributed by atoms with Crippen LogP contribution in [0.25, 0.3) is 0 Å². The lowest BCUT2D eigenvalue weighted by molar-refractivity contribution is -0.122. The van der Waals surface area contributed by atoms with Crippen molar-refractivity contribution in [3.63, 3.8) is 0 Å². The van der Waals surface area contributed by atoms with Gasteiger partial charge in [-0.1, -0.05) is 12.1 Å². The predicted octanol–water partition coefficient (Wildman–Crippen LogP) is 2.39. The summed E-state index contributed by atoms with van der Waals surface area (Å²) in [6, 6.07) is 6.22. The minimum absolute atomic E-state index is 0.0451. The van der Waals surface area contributed by atoms with Crippen LogP contribution in [0.4, 0.5) is 4.39 Å². The minimum Gasteiger partial charge on any atom is -0.350 e. The fourth-order valence-electron chi connectivity index (χ4n) is 2.47. The summed E-state index contributed by atoms with van der Waals surface area (Å²) in [4.78, 5) is 11.8. The molecular weight excluding hydrogens is 243 g/mol. The smallest absolute Gasteiger partial charge is 0.220 e. The summed E-state index contributed by atoms with van der Waals surface area (Å²) in [6.45, 7) is 3.96. The summed E-state index contributed by atoms with van der Waals surface area (Å²) in [7, 11) is 0. The van der Waals surface area contributed by atoms with Crippen LogP contribution in [-0.4, -0.2) is 19.0 Å². The van der Waals surface area contributed by atoms with Crippen molar-refractivity contribution in [1.82, 2.24) is 10.6 Å². The van der Waals surface area contributed by atoms with E-state index in [1.807, 2.05) is 13.0 Å². The fourth-order valence-corrected chi connectivity index (χ4v) is 2.47. The van der Waals surface area contributed by atoms with Gasteiger partial charge in [0, 0.05) is 6.42 Å². The lowest BCUT2D eigenvalue weighted by atomic mass is 10.0. The molecule has 19 heavy (non-hydrogen) atoms. The SMILES string of the molecule is C[C@H](NC(=O)CCC1CCNC1)c1cccc(F)c1. The number of rotatable bonds is 5. The molecule has 1 aromatic carbocycles. The first-order valence-electron chi connectivity index (χ1n) is 6.90. The Morgan fingerprint density at radius 2 is 2.42 bits per heavy atom. The summed E-state index contributed by atoms with van der Waals surface area (Å²) in [5.41, 5.74) is 0.802. The highest BCUT2D eigenvalue weighted by Crippen LogP contribution is 2.16. The number of hydrogen-bond acceptors (Lipinski definition) is 2. The zero-order valence-corrected chi connectivity index (χ0v) is 11.3. The van der Waals surface area contributed by atoms with Crippen molar-refractivity contribution in [2.75, 3.05) is 13.1 Å². The zero-order valence-electron chi connectivity index (χ0n) is 11.3. The Kier molecular flexibility index (Phi) is 4.91. The van der Waals surface area contributed by atoms with Crippen LogP contribution in [0.2, 0.25) is 0 Å². The number of amides is 1. The molecule has 1 fully saturated rings. The molecule has 1 aromatic rings. The zero-order chi connectivity index (χ0) is 13.7. The van der Waals surface area contributed by atoms with Crippen LogP contribution in [0.5, 0.6) is 0 Å². The van der Waals surface area contributed by atoms with Crippen molar-refractivity contribution in [2.45, 2.75) is 32.2 Å². The van der Waals surface area contributed by atoms with E-state index in [0.717, 1.165) is 31.5 Å². The molecule has 0 saturated carbocycles. The van der Waals surface area contributed by atoms with E-state index in [9.17, 15) is 9.18 Å². The summed E-state index contributed by atoms with van der Waals surface area (Å²) >= 11 is 0. The third-order valence-electron chi connectivity index (χ3n) is 3.67. The van der Waals surface area contributed by atoms with E-state index < -0.39 is 0 Å². The first-order valence-corrected chi connectivity index (χ1v) is 6.90. The van der Waals surface area contributed by atoms with E-state index in [1.54, 1.807) is 6.07 Å². The van der Waals surface area contributed by atoms with Gasteiger partial charge in [0.05, 0.1) is 6.04 Å². The summed E-state index contributed by atoms with van der Waals surface area (Å²) < 4.78 is 13.1. The average molecular weight is 264 g/mol. The normalized spacial score (nSPS) is 20.2. The summed E-state index contributed by atoms with van der Waals surface area (Å²) in [5.74, 6) is 0.398. The van der Waals surface area contributed by atoms with Gasteiger partial charge in [0.2, 0.25) is 5.91 Å². The van der Waals surface area contributed by atoms with Crippen molar-refractivity contribution >= 4 is 5.91 Å². The molecule has 1 saturated heterocycles. The second-order valence-corrected chi connectivity index (χ2v) is 5.24. The first-order chi connectivity index (χ1) is 9.15. The van der Waals surface area contributed by atoms with Crippen LogP contribution in [0.15, 0.2) is 24.3 Å². The molecule has 2 atom stereocenters. The van der Waals surface area contributed by atoms with Crippen molar-refractivity contribution < 1.29 is 9.18 Å². The Bertz CT molecular complexity index is 430. The molecule has 1 unspecified atom stereocenters. The third-order valence-corrected chi connectivity index (χ3v) is 3.67. The minimum atomic E-state index is -0.268. The second-order valence-electron chi connectivity index (χ2n) is 5.24. The Labute approximate surface area is 113 Å². The van der Waals surface area contributed by atoms with E-state index >= 15 is 0 Å². The maximum absolute atomic E-state index is 13.1. The number of halogens is 1. The van der Waals surface area contributed by atoms with E-state index in [0.29, 0.717) is 12.3 Å². The van der Waals surface area contributed by atoms with Crippen LogP contribution in [-0.2, 0) is 4.79 Å². The van der Waals surface area contributed by atoms with Crippen LogP contribution in [0.1, 0.15) is 37.8 Å². The molecule has 1 heterocycles. The molecule has 104 valence electrons. The molecule has 0 aromatic heterocycles. The van der Waals surface area contributed by atoms with Crippen LogP contribution >= 0.6 is 0 Å². The highest BCUT2D eigenvalue weighted by Gasteiger charge is 2.16. The second kappa shape index (κ2) is 6.66. The van der Waals surface area contributed by atoms with E-state index in [1.165, 1.54) is 12.1 Å². The Morgan fingerprint density at radius 1 is 1.58 bits per heavy atom. The quantitative estimate of drug-likeness (QED) is 0.857. The molecule has 1 aliphatic heterocycles. The maximum Gasteiger partial charge on any atom is 0.220 e. The lowest BCUT2D eigenvalue weighted by Crippen LogP contribution is -2.27. The van der Waals surface area contributed by atoms with E-state index in [-0.39, 0.29) is 17.8 Å². The highest BCUT2D eigenvalue weighted by atomic mass is 19.1. The van der Waals surface area contributed by atoms with Gasteiger partial charge in [-0.25, -0.2) is 4.39 Å². The van der Waals surface area contributed by atoms with Gasteiger partial charge in [0.1, 0.15) is 5.82 Å². The number of carbonyl (C=O) groups is 1. The number of hydrogen-bond donors (Lipinski definition) is 2. The highest BCUT2D eigenvalue weighted by molar-refractivity contribution is 5.76. The molecule has 0 aliphatic carbocycles. The Hall–Kier alpha value is -1.42. The number of carbonyl (C=O) groups excluding carboxylic acids is 1. The molecule has 2 rings (SSSR count). The fraction of sp³-hybridized carbons (Fsp3) is 0.533. The predicted molar refractivity (Wildman–Crippen MR) is 73.2 cm³/mol. The van der Waals surface area contributed by atoms with E-state index in [4.69, 9.17) is 0 Å². The Balaban J connectivity index is 1.77. The van der Waals surface area contributed by atoms with Gasteiger partial charge in [-0.2, -0.15) is 0 Å². The monoisotopic (exact) mass is 264 g/mol. The van der Waals surface area contributed by atoms with Gasteiger partial charge in [-0.3, -0.25) is 4.79 Å². The molecule has 0 bridgehead atoms. The maximum atomic E-state index is 13.1. The van der Waals surface area contributed by atoms with Gasteiger partial charge in [0.15, 0.2) is 0 Å². The first kappa shape index (κ1) is 14.0. The number of benzene rings is 1. The molecule has 4 heteroatoms. The van der Waals surface area contributed by atoms with Crippen LogP contribution in [0, 0.1) is 11.7 Å². The van der Waals surface area contributed by atoms with Gasteiger partial charge in [-0.15, -0.1) is 0 Å². The average Bonchev–Trinajstić information content (AvgIpc) is 2.89. The Morgan fingerprint density at radius 3 is 3.11 bits per heavy atom. The number of nitrogens with one attached hydrogen (secondary N) is 2. The van der Waals surface area contributed by atoms with Gasteiger partial charge in [-0.05, 0) is 56.5 Å². The molecule has 1 aliphatic rings. The van der Waals surface area contributed by atoms with Gasteiger partial charge in [0.25, 0.3) is 0 Å². The summed E-state index contributed by atoms with van der Waals surface area (Å²) in [6.07, 6.45) is 2.63. The summed E-state index contributed by atoms with van der Waals surface area (Å²) in [5, 5.41) is 6.22. The van der Waals surface area contributed by atoms with Crippen molar-refractivity contribution in [2.24, 2.45) is 5.92 Å². The lowest BCUT2D eigenvalue weighted by Gasteiger charge is -2.15. The van der Waals surface area contributed by atoms with Gasteiger partial charge < -0.3 is 10.6 Å². The standard InChI is InChI=1S/C15H21FN2O/c1-11(13-3-2-4-14(16)9-13)18-15(19)6-5-12-7-8-17-10-12/h2-4,9,11-12,17H,5-8,10H2,1H3,(H,18,19)/t11-,12?/m0/s1. The molecule has 0 spiro atoms. The van der Waals surface area contributed by atoms with Crippen molar-refractivity contribution in [1.29, 1.82) is 0 Å². The molecule has 0 radical (unpaired) electrons. The molecular formula is C15H21FN2O. The van der Waals surface area contributed by atoms with Gasteiger partial charge >= 0.3 is 0 Å². The molecule has 3 nitrogen and oxygen atoms in total. The van der Waals surface area contributed by atoms with E-state index in [2.05, 4.69) is 10.6 Å². The topological polar surface area (TPSA) is 41.1 Å². The van der Waals surface area contributed by atoms with Crippen LogP contribution in [0.3, 0.4) is 0 Å². The van der Waals surface area contributed by atoms with Crippen LogP contribution < -0.4 is 10.6 Å². The van der Waals surface area contributed by atoms with Crippen molar-refractivity contribution in [3.8, 4) is 0 Å². The van der Waals surface area contributed by atoms with Crippen molar-refractivity contribution in [3.05, 3.63) is 35.6 Å². The molecule has 1 amide bonds.